The van der Waals surface area contributed by atoms with Crippen molar-refractivity contribution in [2.45, 2.75) is 13.1 Å². The van der Waals surface area contributed by atoms with Crippen molar-refractivity contribution in [2.75, 3.05) is 6.54 Å². The van der Waals surface area contributed by atoms with Crippen LogP contribution in [0.4, 0.5) is 0 Å². The van der Waals surface area contributed by atoms with Gasteiger partial charge in [-0.15, -0.1) is 0 Å². The van der Waals surface area contributed by atoms with Gasteiger partial charge in [0, 0.05) is 6.92 Å². The molecule has 0 saturated heterocycles. The smallest absolute Gasteiger partial charge is 0.341 e. The fourth-order valence-electron chi connectivity index (χ4n) is 0.735. The van der Waals surface area contributed by atoms with Crippen molar-refractivity contribution < 1.29 is 19.5 Å². The summed E-state index contributed by atoms with van der Waals surface area (Å²) in [7, 11) is 0. The summed E-state index contributed by atoms with van der Waals surface area (Å²) in [5, 5.41) is 8.43. The summed E-state index contributed by atoms with van der Waals surface area (Å²) in [5.41, 5.74) is 10.0. The molecule has 74 valence electrons. The van der Waals surface area contributed by atoms with Crippen molar-refractivity contribution in [3.8, 4) is 0 Å². The summed E-state index contributed by atoms with van der Waals surface area (Å²) >= 11 is 0. The molecule has 0 bridgehead atoms. The second kappa shape index (κ2) is 4.53. The van der Waals surface area contributed by atoms with Crippen LogP contribution in [0.5, 0.6) is 0 Å². The van der Waals surface area contributed by atoms with Crippen LogP contribution in [0.1, 0.15) is 6.92 Å². The van der Waals surface area contributed by atoms with Gasteiger partial charge in [-0.1, -0.05) is 0 Å². The third-order valence-electron chi connectivity index (χ3n) is 1.31. The minimum Gasteiger partial charge on any atom is -0.479 e. The number of amides is 2. The Morgan fingerprint density at radius 2 is 1.92 bits per heavy atom. The van der Waals surface area contributed by atoms with Gasteiger partial charge in [0.25, 0.3) is 0 Å². The van der Waals surface area contributed by atoms with Gasteiger partial charge >= 0.3 is 5.97 Å². The molecule has 5 N–H and O–H groups in total. The number of carbonyl (C=O) groups excluding carboxylic acids is 2. The predicted octanol–water partition coefficient (Wildman–Crippen LogP) is -2.31. The second-order valence-corrected chi connectivity index (χ2v) is 2.27. The molecule has 0 aromatic heterocycles. The number of carboxylic acids is 1. The molecule has 0 aliphatic heterocycles. The molecule has 0 rings (SSSR count). The number of nitrogens with two attached hydrogens (primary N) is 2. The summed E-state index contributed by atoms with van der Waals surface area (Å²) in [4.78, 5) is 32.5. The van der Waals surface area contributed by atoms with E-state index in [0.717, 1.165) is 6.92 Å². The highest BCUT2D eigenvalue weighted by molar-refractivity contribution is 5.98. The molecule has 0 saturated carbocycles. The number of hydrogen-bond donors (Lipinski definition) is 3. The molecule has 0 aliphatic rings. The summed E-state index contributed by atoms with van der Waals surface area (Å²) in [6.45, 7) is 0.580. The summed E-state index contributed by atoms with van der Waals surface area (Å²) in [6, 6.07) is 0. The van der Waals surface area contributed by atoms with E-state index in [1.54, 1.807) is 0 Å². The maximum atomic E-state index is 10.9. The van der Waals surface area contributed by atoms with Crippen LogP contribution in [0.3, 0.4) is 0 Å². The van der Waals surface area contributed by atoms with E-state index in [1.165, 1.54) is 0 Å². The standard InChI is InChI=1S/C6H11N3O4/c1-3(10)9(4(11)2-7)5(8)6(12)13/h5H,2,7-8H2,1H3,(H,12,13). The SMILES string of the molecule is CC(=O)N(C(=O)CN)C(N)C(=O)O. The molecule has 0 aliphatic carbocycles. The summed E-state index contributed by atoms with van der Waals surface area (Å²) in [6.07, 6.45) is -1.67. The van der Waals surface area contributed by atoms with Gasteiger partial charge < -0.3 is 16.6 Å². The summed E-state index contributed by atoms with van der Waals surface area (Å²) < 4.78 is 0. The van der Waals surface area contributed by atoms with E-state index in [1.807, 2.05) is 0 Å². The van der Waals surface area contributed by atoms with Crippen molar-refractivity contribution in [1.29, 1.82) is 0 Å². The Morgan fingerprint density at radius 3 is 2.15 bits per heavy atom. The Kier molecular flexibility index (Phi) is 4.02. The molecule has 2 amide bonds. The van der Waals surface area contributed by atoms with Crippen molar-refractivity contribution in [3.05, 3.63) is 0 Å². The van der Waals surface area contributed by atoms with Crippen LogP contribution >= 0.6 is 0 Å². The lowest BCUT2D eigenvalue weighted by Gasteiger charge is -2.21. The second-order valence-electron chi connectivity index (χ2n) is 2.27. The van der Waals surface area contributed by atoms with Crippen molar-refractivity contribution in [2.24, 2.45) is 11.5 Å². The van der Waals surface area contributed by atoms with E-state index in [0.29, 0.717) is 4.90 Å². The first-order valence-corrected chi connectivity index (χ1v) is 3.43. The van der Waals surface area contributed by atoms with Gasteiger partial charge in [-0.05, 0) is 0 Å². The average Bonchev–Trinajstić information content (AvgIpc) is 2.03. The van der Waals surface area contributed by atoms with E-state index >= 15 is 0 Å². The van der Waals surface area contributed by atoms with Crippen LogP contribution in [0.2, 0.25) is 0 Å². The van der Waals surface area contributed by atoms with Crippen LogP contribution in [-0.4, -0.2) is 40.5 Å². The number of rotatable bonds is 3. The van der Waals surface area contributed by atoms with Gasteiger partial charge in [0.1, 0.15) is 0 Å². The molecule has 7 heteroatoms. The Hall–Kier alpha value is -1.47. The lowest BCUT2D eigenvalue weighted by atomic mass is 10.3. The van der Waals surface area contributed by atoms with Crippen molar-refractivity contribution in [3.63, 3.8) is 0 Å². The molecule has 7 nitrogen and oxygen atoms in total. The van der Waals surface area contributed by atoms with E-state index < -0.39 is 30.5 Å². The van der Waals surface area contributed by atoms with Gasteiger partial charge in [-0.3, -0.25) is 14.5 Å². The molecular weight excluding hydrogens is 178 g/mol. The highest BCUT2D eigenvalue weighted by atomic mass is 16.4. The van der Waals surface area contributed by atoms with Crippen LogP contribution < -0.4 is 11.5 Å². The normalized spacial score (nSPS) is 11.9. The van der Waals surface area contributed by atoms with E-state index in [2.05, 4.69) is 0 Å². The van der Waals surface area contributed by atoms with Crippen molar-refractivity contribution >= 4 is 17.8 Å². The first kappa shape index (κ1) is 11.5. The Morgan fingerprint density at radius 1 is 1.46 bits per heavy atom. The lowest BCUT2D eigenvalue weighted by molar-refractivity contribution is -0.156. The molecule has 0 heterocycles. The fraction of sp³-hybridized carbons (Fsp3) is 0.500. The first-order valence-electron chi connectivity index (χ1n) is 3.43. The van der Waals surface area contributed by atoms with E-state index in [4.69, 9.17) is 16.6 Å². The molecule has 0 aromatic carbocycles. The maximum Gasteiger partial charge on any atom is 0.341 e. The lowest BCUT2D eigenvalue weighted by Crippen LogP contribution is -2.54. The third kappa shape index (κ3) is 2.80. The largest absolute Gasteiger partial charge is 0.479 e. The van der Waals surface area contributed by atoms with Gasteiger partial charge in [-0.2, -0.15) is 0 Å². The van der Waals surface area contributed by atoms with Gasteiger partial charge in [-0.25, -0.2) is 4.79 Å². The van der Waals surface area contributed by atoms with Crippen LogP contribution in [0.15, 0.2) is 0 Å². The monoisotopic (exact) mass is 189 g/mol. The Bertz CT molecular complexity index is 240. The first-order chi connectivity index (χ1) is 5.91. The van der Waals surface area contributed by atoms with Gasteiger partial charge in [0.2, 0.25) is 11.8 Å². The average molecular weight is 189 g/mol. The minimum absolute atomic E-state index is 0.405. The number of imide groups is 1. The highest BCUT2D eigenvalue weighted by Gasteiger charge is 2.28. The molecule has 1 unspecified atom stereocenters. The third-order valence-corrected chi connectivity index (χ3v) is 1.31. The van der Waals surface area contributed by atoms with Crippen LogP contribution in [0, 0.1) is 0 Å². The molecule has 1 atom stereocenters. The zero-order valence-corrected chi connectivity index (χ0v) is 7.06. The van der Waals surface area contributed by atoms with Crippen molar-refractivity contribution in [1.82, 2.24) is 4.90 Å². The fourth-order valence-corrected chi connectivity index (χ4v) is 0.735. The van der Waals surface area contributed by atoms with Crippen LogP contribution in [-0.2, 0) is 14.4 Å². The van der Waals surface area contributed by atoms with Gasteiger partial charge in [0.15, 0.2) is 6.17 Å². The zero-order valence-electron chi connectivity index (χ0n) is 7.06. The molecule has 0 fully saturated rings. The molecule has 0 spiro atoms. The highest BCUT2D eigenvalue weighted by Crippen LogP contribution is 1.95. The number of carbonyl (C=O) groups is 3. The predicted molar refractivity (Wildman–Crippen MR) is 42.2 cm³/mol. The molecule has 0 radical (unpaired) electrons. The number of nitrogens with zero attached hydrogens (tertiary/aromatic N) is 1. The number of carboxylic acid groups (broad SMARTS) is 1. The zero-order chi connectivity index (χ0) is 10.6. The number of aliphatic carboxylic acids is 1. The minimum atomic E-state index is -1.67. The van der Waals surface area contributed by atoms with Gasteiger partial charge in [0.05, 0.1) is 6.54 Å². The van der Waals surface area contributed by atoms with E-state index in [-0.39, 0.29) is 0 Å². The molecular formula is C6H11N3O4. The topological polar surface area (TPSA) is 127 Å². The van der Waals surface area contributed by atoms with Crippen LogP contribution in [0.25, 0.3) is 0 Å². The number of hydrogen-bond acceptors (Lipinski definition) is 5. The Labute approximate surface area is 74.3 Å². The maximum absolute atomic E-state index is 10.9. The van der Waals surface area contributed by atoms with E-state index in [9.17, 15) is 14.4 Å². The molecule has 13 heavy (non-hydrogen) atoms. The Balaban J connectivity index is 4.71. The molecule has 0 aromatic rings. The summed E-state index contributed by atoms with van der Waals surface area (Å²) in [5.74, 6) is -3.02. The quantitative estimate of drug-likeness (QED) is 0.428.